The van der Waals surface area contributed by atoms with E-state index >= 15 is 0 Å². The standard InChI is InChI=1S/C14H21N/c1-4-5-9-12(2)15-13(3)14-10-7-6-8-11-14/h6-8,10-11,13H,4-5,9H2,1-3H3/t13-/m1/s1. The van der Waals surface area contributed by atoms with Gasteiger partial charge in [-0.1, -0.05) is 43.7 Å². The average Bonchev–Trinajstić information content (AvgIpc) is 2.27. The minimum Gasteiger partial charge on any atom is -0.287 e. The Kier molecular flexibility index (Phi) is 5.09. The predicted octanol–water partition coefficient (Wildman–Crippen LogP) is 4.40. The van der Waals surface area contributed by atoms with Crippen molar-refractivity contribution >= 4 is 5.71 Å². The van der Waals surface area contributed by atoms with Crippen LogP contribution in [-0.4, -0.2) is 5.71 Å². The molecule has 0 unspecified atom stereocenters. The van der Waals surface area contributed by atoms with Crippen molar-refractivity contribution in [1.82, 2.24) is 0 Å². The fourth-order valence-electron chi connectivity index (χ4n) is 1.63. The van der Waals surface area contributed by atoms with Gasteiger partial charge in [-0.25, -0.2) is 0 Å². The summed E-state index contributed by atoms with van der Waals surface area (Å²) in [5.41, 5.74) is 2.57. The summed E-state index contributed by atoms with van der Waals surface area (Å²) in [5.74, 6) is 0. The van der Waals surface area contributed by atoms with Crippen molar-refractivity contribution in [2.24, 2.45) is 4.99 Å². The molecule has 0 radical (unpaired) electrons. The molecule has 0 amide bonds. The van der Waals surface area contributed by atoms with Gasteiger partial charge >= 0.3 is 0 Å². The first-order chi connectivity index (χ1) is 7.24. The molecule has 0 aliphatic heterocycles. The number of benzene rings is 1. The topological polar surface area (TPSA) is 12.4 Å². The Bertz CT molecular complexity index is 300. The number of nitrogens with zero attached hydrogens (tertiary/aromatic N) is 1. The van der Waals surface area contributed by atoms with Gasteiger partial charge in [0.1, 0.15) is 0 Å². The smallest absolute Gasteiger partial charge is 0.0720 e. The molecule has 1 aromatic rings. The maximum absolute atomic E-state index is 4.70. The van der Waals surface area contributed by atoms with Crippen molar-refractivity contribution < 1.29 is 0 Å². The second-order valence-electron chi connectivity index (χ2n) is 4.05. The monoisotopic (exact) mass is 203 g/mol. The van der Waals surface area contributed by atoms with Crippen LogP contribution in [0.25, 0.3) is 0 Å². The summed E-state index contributed by atoms with van der Waals surface area (Å²) in [6, 6.07) is 10.8. The van der Waals surface area contributed by atoms with Crippen LogP contribution < -0.4 is 0 Å². The number of hydrogen-bond donors (Lipinski definition) is 0. The van der Waals surface area contributed by atoms with E-state index in [-0.39, 0.29) is 0 Å². The summed E-state index contributed by atoms with van der Waals surface area (Å²) in [6.07, 6.45) is 3.62. The third kappa shape index (κ3) is 4.28. The van der Waals surface area contributed by atoms with Crippen LogP contribution in [0.3, 0.4) is 0 Å². The normalized spacial score (nSPS) is 13.9. The third-order valence-electron chi connectivity index (χ3n) is 2.59. The first-order valence-electron chi connectivity index (χ1n) is 5.82. The van der Waals surface area contributed by atoms with Gasteiger partial charge in [0.2, 0.25) is 0 Å². The molecule has 1 aromatic carbocycles. The Morgan fingerprint density at radius 3 is 2.53 bits per heavy atom. The van der Waals surface area contributed by atoms with E-state index in [4.69, 9.17) is 4.99 Å². The maximum atomic E-state index is 4.70. The quantitative estimate of drug-likeness (QED) is 0.629. The molecular weight excluding hydrogens is 182 g/mol. The lowest BCUT2D eigenvalue weighted by Crippen LogP contribution is -1.96. The van der Waals surface area contributed by atoms with Gasteiger partial charge in [0, 0.05) is 5.71 Å². The summed E-state index contributed by atoms with van der Waals surface area (Å²) >= 11 is 0. The molecular formula is C14H21N. The average molecular weight is 203 g/mol. The van der Waals surface area contributed by atoms with Crippen LogP contribution in [0.15, 0.2) is 35.3 Å². The van der Waals surface area contributed by atoms with Gasteiger partial charge in [0.25, 0.3) is 0 Å². The molecule has 15 heavy (non-hydrogen) atoms. The highest BCUT2D eigenvalue weighted by Crippen LogP contribution is 2.16. The van der Waals surface area contributed by atoms with Gasteiger partial charge in [0.05, 0.1) is 6.04 Å². The summed E-state index contributed by atoms with van der Waals surface area (Å²) in [7, 11) is 0. The molecule has 0 N–H and O–H groups in total. The second-order valence-corrected chi connectivity index (χ2v) is 4.05. The van der Waals surface area contributed by atoms with Gasteiger partial charge in [0.15, 0.2) is 0 Å². The van der Waals surface area contributed by atoms with Crippen molar-refractivity contribution in [2.45, 2.75) is 46.1 Å². The van der Waals surface area contributed by atoms with E-state index in [1.165, 1.54) is 24.1 Å². The highest BCUT2D eigenvalue weighted by molar-refractivity contribution is 5.82. The Morgan fingerprint density at radius 2 is 1.93 bits per heavy atom. The molecule has 0 bridgehead atoms. The Balaban J connectivity index is 2.58. The van der Waals surface area contributed by atoms with E-state index in [9.17, 15) is 0 Å². The first kappa shape index (κ1) is 12.0. The maximum Gasteiger partial charge on any atom is 0.0720 e. The van der Waals surface area contributed by atoms with Crippen molar-refractivity contribution in [2.75, 3.05) is 0 Å². The van der Waals surface area contributed by atoms with Gasteiger partial charge < -0.3 is 0 Å². The van der Waals surface area contributed by atoms with Crippen molar-refractivity contribution in [3.63, 3.8) is 0 Å². The van der Waals surface area contributed by atoms with Gasteiger partial charge in [-0.05, 0) is 32.3 Å². The Hall–Kier alpha value is -1.11. The summed E-state index contributed by atoms with van der Waals surface area (Å²) < 4.78 is 0. The zero-order valence-electron chi connectivity index (χ0n) is 10.0. The molecule has 0 aliphatic rings. The number of rotatable bonds is 5. The minimum absolute atomic E-state index is 0.294. The highest BCUT2D eigenvalue weighted by Gasteiger charge is 2.02. The number of hydrogen-bond acceptors (Lipinski definition) is 1. The lowest BCUT2D eigenvalue weighted by molar-refractivity contribution is 0.788. The Morgan fingerprint density at radius 1 is 1.27 bits per heavy atom. The molecule has 1 atom stereocenters. The zero-order chi connectivity index (χ0) is 11.1. The van der Waals surface area contributed by atoms with Gasteiger partial charge in [-0.15, -0.1) is 0 Å². The number of unbranched alkanes of at least 4 members (excludes halogenated alkanes) is 1. The van der Waals surface area contributed by atoms with E-state index in [0.29, 0.717) is 6.04 Å². The third-order valence-corrected chi connectivity index (χ3v) is 2.59. The van der Waals surface area contributed by atoms with Crippen LogP contribution in [0, 0.1) is 0 Å². The van der Waals surface area contributed by atoms with E-state index in [1.54, 1.807) is 0 Å². The lowest BCUT2D eigenvalue weighted by Gasteiger charge is -2.08. The SMILES string of the molecule is CCCCC(C)=N[C@H](C)c1ccccc1. The first-order valence-corrected chi connectivity index (χ1v) is 5.82. The fourth-order valence-corrected chi connectivity index (χ4v) is 1.63. The molecule has 82 valence electrons. The van der Waals surface area contributed by atoms with Crippen LogP contribution in [0.5, 0.6) is 0 Å². The van der Waals surface area contributed by atoms with Crippen LogP contribution in [0.4, 0.5) is 0 Å². The van der Waals surface area contributed by atoms with Crippen molar-refractivity contribution in [1.29, 1.82) is 0 Å². The zero-order valence-corrected chi connectivity index (χ0v) is 10.0. The van der Waals surface area contributed by atoms with E-state index in [2.05, 4.69) is 45.0 Å². The molecule has 0 fully saturated rings. The molecule has 0 saturated carbocycles. The molecule has 0 saturated heterocycles. The fraction of sp³-hybridized carbons (Fsp3) is 0.500. The van der Waals surface area contributed by atoms with Crippen molar-refractivity contribution in [3.05, 3.63) is 35.9 Å². The van der Waals surface area contributed by atoms with Crippen LogP contribution in [0.2, 0.25) is 0 Å². The molecule has 1 heteroatoms. The van der Waals surface area contributed by atoms with E-state index in [0.717, 1.165) is 6.42 Å². The molecule has 0 aliphatic carbocycles. The summed E-state index contributed by atoms with van der Waals surface area (Å²) in [5, 5.41) is 0. The van der Waals surface area contributed by atoms with Gasteiger partial charge in [-0.3, -0.25) is 4.99 Å². The number of aliphatic imine (C=N–C) groups is 1. The predicted molar refractivity (Wildman–Crippen MR) is 67.5 cm³/mol. The van der Waals surface area contributed by atoms with Crippen LogP contribution in [-0.2, 0) is 0 Å². The second kappa shape index (κ2) is 6.39. The molecule has 0 aromatic heterocycles. The van der Waals surface area contributed by atoms with Crippen molar-refractivity contribution in [3.8, 4) is 0 Å². The Labute approximate surface area is 93.2 Å². The van der Waals surface area contributed by atoms with Crippen LogP contribution >= 0.6 is 0 Å². The lowest BCUT2D eigenvalue weighted by atomic mass is 10.1. The summed E-state index contributed by atoms with van der Waals surface area (Å²) in [4.78, 5) is 4.70. The molecule has 0 spiro atoms. The highest BCUT2D eigenvalue weighted by atomic mass is 14.8. The van der Waals surface area contributed by atoms with E-state index in [1.807, 2.05) is 6.07 Å². The van der Waals surface area contributed by atoms with Gasteiger partial charge in [-0.2, -0.15) is 0 Å². The minimum atomic E-state index is 0.294. The van der Waals surface area contributed by atoms with Crippen LogP contribution in [0.1, 0.15) is 51.6 Å². The molecule has 0 heterocycles. The molecule has 1 rings (SSSR count). The molecule has 1 nitrogen and oxygen atoms in total. The summed E-state index contributed by atoms with van der Waals surface area (Å²) in [6.45, 7) is 6.51. The largest absolute Gasteiger partial charge is 0.287 e. The van der Waals surface area contributed by atoms with E-state index < -0.39 is 0 Å².